The zero-order chi connectivity index (χ0) is 19.7. The average Bonchev–Trinajstić information content (AvgIpc) is 3.35. The first-order valence-corrected chi connectivity index (χ1v) is 10.3. The summed E-state index contributed by atoms with van der Waals surface area (Å²) in [6, 6.07) is 12.5. The third-order valence-electron chi connectivity index (χ3n) is 4.53. The second-order valence-electron chi connectivity index (χ2n) is 8.12. The number of pyridine rings is 1. The summed E-state index contributed by atoms with van der Waals surface area (Å²) in [6.45, 7) is 6.40. The van der Waals surface area contributed by atoms with Crippen molar-refractivity contribution in [3.05, 3.63) is 60.1 Å². The minimum atomic E-state index is -0.0850. The lowest BCUT2D eigenvalue weighted by Gasteiger charge is -2.16. The van der Waals surface area contributed by atoms with Crippen LogP contribution in [0.15, 0.2) is 58.5 Å². The van der Waals surface area contributed by atoms with Crippen molar-refractivity contribution in [2.45, 2.75) is 54.9 Å². The van der Waals surface area contributed by atoms with Crippen molar-refractivity contribution < 1.29 is 4.79 Å². The van der Waals surface area contributed by atoms with Gasteiger partial charge in [0.2, 0.25) is 5.91 Å². The number of fused-ring (bicyclic) bond motifs is 1. The van der Waals surface area contributed by atoms with Gasteiger partial charge < -0.3 is 5.32 Å². The van der Waals surface area contributed by atoms with Crippen molar-refractivity contribution in [1.82, 2.24) is 19.9 Å². The molecule has 0 bridgehead atoms. The number of amides is 1. The van der Waals surface area contributed by atoms with E-state index >= 15 is 0 Å². The molecule has 0 aliphatic heterocycles. The van der Waals surface area contributed by atoms with Crippen molar-refractivity contribution in [2.75, 3.05) is 0 Å². The Balaban J connectivity index is 1.59. The van der Waals surface area contributed by atoms with Gasteiger partial charge in [0.1, 0.15) is 5.82 Å². The van der Waals surface area contributed by atoms with E-state index in [1.165, 1.54) is 0 Å². The monoisotopic (exact) mass is 392 g/mol. The molecule has 1 aromatic carbocycles. The van der Waals surface area contributed by atoms with Crippen LogP contribution in [0.1, 0.15) is 45.0 Å². The first-order valence-electron chi connectivity index (χ1n) is 9.51. The van der Waals surface area contributed by atoms with Gasteiger partial charge in [0.25, 0.3) is 0 Å². The fourth-order valence-corrected chi connectivity index (χ4v) is 3.87. The molecule has 6 heteroatoms. The zero-order valence-corrected chi connectivity index (χ0v) is 17.2. The highest BCUT2D eigenvalue weighted by Gasteiger charge is 2.22. The Hall–Kier alpha value is -2.60. The number of benzene rings is 1. The van der Waals surface area contributed by atoms with Crippen LogP contribution in [0, 0.1) is 0 Å². The van der Waals surface area contributed by atoms with Crippen molar-refractivity contribution in [1.29, 1.82) is 0 Å². The van der Waals surface area contributed by atoms with Crippen LogP contribution in [0.25, 0.3) is 11.7 Å². The van der Waals surface area contributed by atoms with Crippen molar-refractivity contribution in [2.24, 2.45) is 0 Å². The van der Waals surface area contributed by atoms with Gasteiger partial charge in [0.15, 0.2) is 5.65 Å². The van der Waals surface area contributed by atoms with Crippen LogP contribution >= 0.6 is 11.8 Å². The number of nitrogens with zero attached hydrogens (tertiary/aromatic N) is 3. The van der Waals surface area contributed by atoms with Crippen LogP contribution in [-0.2, 0) is 10.2 Å². The highest BCUT2D eigenvalue weighted by Crippen LogP contribution is 2.32. The van der Waals surface area contributed by atoms with Crippen LogP contribution in [-0.4, -0.2) is 26.5 Å². The summed E-state index contributed by atoms with van der Waals surface area (Å²) in [5.41, 5.74) is 1.79. The van der Waals surface area contributed by atoms with E-state index in [9.17, 15) is 4.79 Å². The molecule has 0 atom stereocenters. The summed E-state index contributed by atoms with van der Waals surface area (Å²) < 4.78 is 2.06. The molecule has 1 saturated carbocycles. The predicted molar refractivity (Wildman–Crippen MR) is 112 cm³/mol. The maximum Gasteiger partial charge on any atom is 0.244 e. The van der Waals surface area contributed by atoms with Crippen LogP contribution in [0.3, 0.4) is 0 Å². The van der Waals surface area contributed by atoms with Gasteiger partial charge in [0, 0.05) is 33.5 Å². The van der Waals surface area contributed by atoms with E-state index in [4.69, 9.17) is 0 Å². The zero-order valence-electron chi connectivity index (χ0n) is 16.3. The molecule has 1 aliphatic rings. The first-order chi connectivity index (χ1) is 13.4. The summed E-state index contributed by atoms with van der Waals surface area (Å²) in [5, 5.41) is 11.6. The molecule has 5 nitrogen and oxygen atoms in total. The van der Waals surface area contributed by atoms with Crippen molar-refractivity contribution in [3.8, 4) is 0 Å². The van der Waals surface area contributed by atoms with Gasteiger partial charge in [-0.3, -0.25) is 9.20 Å². The van der Waals surface area contributed by atoms with Gasteiger partial charge in [-0.15, -0.1) is 10.2 Å². The van der Waals surface area contributed by atoms with E-state index in [0.29, 0.717) is 6.04 Å². The molecule has 0 unspecified atom stereocenters. The molecular weight excluding hydrogens is 368 g/mol. The number of rotatable bonds is 5. The van der Waals surface area contributed by atoms with Gasteiger partial charge >= 0.3 is 0 Å². The van der Waals surface area contributed by atoms with Crippen molar-refractivity contribution in [3.63, 3.8) is 0 Å². The van der Waals surface area contributed by atoms with E-state index in [2.05, 4.69) is 59.0 Å². The van der Waals surface area contributed by atoms with Gasteiger partial charge in [-0.05, 0) is 42.7 Å². The summed E-state index contributed by atoms with van der Waals surface area (Å²) in [6.07, 6.45) is 7.78. The molecule has 4 rings (SSSR count). The molecule has 0 saturated heterocycles. The Kier molecular flexibility index (Phi) is 4.98. The number of aromatic nitrogens is 3. The molecule has 1 N–H and O–H groups in total. The van der Waals surface area contributed by atoms with E-state index in [1.54, 1.807) is 17.8 Å². The number of carbonyl (C=O) groups is 1. The summed E-state index contributed by atoms with van der Waals surface area (Å²) in [5.74, 6) is 0.915. The summed E-state index contributed by atoms with van der Waals surface area (Å²) in [4.78, 5) is 14.2. The third kappa shape index (κ3) is 4.28. The highest BCUT2D eigenvalue weighted by molar-refractivity contribution is 7.99. The lowest BCUT2D eigenvalue weighted by molar-refractivity contribution is -0.116. The Bertz CT molecular complexity index is 1040. The van der Waals surface area contributed by atoms with Gasteiger partial charge in [-0.25, -0.2) is 0 Å². The number of carbonyl (C=O) groups excluding carboxylic acids is 1. The minimum Gasteiger partial charge on any atom is -0.350 e. The lowest BCUT2D eigenvalue weighted by atomic mass is 9.96. The number of nitrogens with one attached hydrogen (secondary N) is 1. The normalized spacial score (nSPS) is 14.7. The van der Waals surface area contributed by atoms with E-state index in [0.717, 1.165) is 39.7 Å². The third-order valence-corrected chi connectivity index (χ3v) is 5.60. The maximum absolute atomic E-state index is 12.0. The molecule has 1 fully saturated rings. The lowest BCUT2D eigenvalue weighted by Crippen LogP contribution is -2.22. The molecule has 1 amide bonds. The van der Waals surface area contributed by atoms with Gasteiger partial charge in [-0.2, -0.15) is 0 Å². The molecule has 0 radical (unpaired) electrons. The second-order valence-corrected chi connectivity index (χ2v) is 9.24. The van der Waals surface area contributed by atoms with Crippen LogP contribution in [0.5, 0.6) is 0 Å². The quantitative estimate of drug-likeness (QED) is 0.651. The molecule has 144 valence electrons. The Morgan fingerprint density at radius 3 is 2.71 bits per heavy atom. The molecule has 1 aliphatic carbocycles. The molecule has 0 spiro atoms. The number of hydrogen-bond acceptors (Lipinski definition) is 4. The fraction of sp³-hybridized carbons (Fsp3) is 0.318. The molecule has 2 heterocycles. The molecular formula is C22H24N4OS. The topological polar surface area (TPSA) is 59.3 Å². The van der Waals surface area contributed by atoms with Crippen LogP contribution in [0.2, 0.25) is 0 Å². The number of hydrogen-bond donors (Lipinski definition) is 1. The maximum atomic E-state index is 12.0. The fourth-order valence-electron chi connectivity index (χ4n) is 2.92. The molecule has 2 aromatic heterocycles. The Morgan fingerprint density at radius 2 is 1.96 bits per heavy atom. The summed E-state index contributed by atoms with van der Waals surface area (Å²) >= 11 is 1.67. The molecule has 3 aromatic rings. The highest BCUT2D eigenvalue weighted by atomic mass is 32.2. The molecule has 28 heavy (non-hydrogen) atoms. The van der Waals surface area contributed by atoms with Gasteiger partial charge in [0.05, 0.1) is 0 Å². The van der Waals surface area contributed by atoms with E-state index in [1.807, 2.05) is 30.3 Å². The van der Waals surface area contributed by atoms with Crippen LogP contribution < -0.4 is 5.32 Å². The average molecular weight is 393 g/mol. The van der Waals surface area contributed by atoms with Crippen molar-refractivity contribution >= 4 is 29.4 Å². The van der Waals surface area contributed by atoms with E-state index < -0.39 is 0 Å². The smallest absolute Gasteiger partial charge is 0.244 e. The second kappa shape index (κ2) is 7.43. The first kappa shape index (κ1) is 18.7. The predicted octanol–water partition coefficient (Wildman–Crippen LogP) is 4.47. The van der Waals surface area contributed by atoms with Gasteiger partial charge in [-0.1, -0.05) is 50.7 Å². The largest absolute Gasteiger partial charge is 0.350 e. The Labute approximate surface area is 169 Å². The minimum absolute atomic E-state index is 0.0250. The standard InChI is InChI=1S/C22H24N4OS/c1-22(2,3)21-25-24-19-12-11-17(14-26(19)21)28-18-7-5-4-6-15(18)8-13-20(27)23-16-9-10-16/h4-8,11-14,16H,9-10H2,1-3H3,(H,23,27)/b13-8+. The Morgan fingerprint density at radius 1 is 1.18 bits per heavy atom. The van der Waals surface area contributed by atoms with E-state index in [-0.39, 0.29) is 11.3 Å². The SMILES string of the molecule is CC(C)(C)c1nnc2ccc(Sc3ccccc3/C=C/C(=O)NC3CC3)cn12. The van der Waals surface area contributed by atoms with Crippen LogP contribution in [0.4, 0.5) is 0 Å². The summed E-state index contributed by atoms with van der Waals surface area (Å²) in [7, 11) is 0.